The Morgan fingerprint density at radius 2 is 2.00 bits per heavy atom. The van der Waals surface area contributed by atoms with Crippen molar-refractivity contribution in [3.8, 4) is 5.75 Å². The number of aryl methyl sites for hydroxylation is 1. The predicted molar refractivity (Wildman–Crippen MR) is 106 cm³/mol. The van der Waals surface area contributed by atoms with Crippen LogP contribution in [0, 0.1) is 6.92 Å². The van der Waals surface area contributed by atoms with Crippen molar-refractivity contribution in [2.75, 3.05) is 51.3 Å². The molecule has 1 fully saturated rings. The summed E-state index contributed by atoms with van der Waals surface area (Å²) in [6.07, 6.45) is 1.84. The van der Waals surface area contributed by atoms with Gasteiger partial charge in [0.1, 0.15) is 18.2 Å². The SMILES string of the molecule is CN=C(NCCOc1cccc(C)c1)N1CCN(c2ccccn2)CC1. The maximum absolute atomic E-state index is 5.79. The highest BCUT2D eigenvalue weighted by atomic mass is 16.5. The van der Waals surface area contributed by atoms with Crippen LogP contribution in [0.25, 0.3) is 0 Å². The Bertz CT molecular complexity index is 711. The summed E-state index contributed by atoms with van der Waals surface area (Å²) < 4.78 is 5.79. The second-order valence-electron chi connectivity index (χ2n) is 6.30. The Kier molecular flexibility index (Phi) is 6.30. The summed E-state index contributed by atoms with van der Waals surface area (Å²) >= 11 is 0. The molecule has 0 atom stereocenters. The first-order valence-corrected chi connectivity index (χ1v) is 9.07. The van der Waals surface area contributed by atoms with Crippen LogP contribution in [0.5, 0.6) is 5.75 Å². The Labute approximate surface area is 155 Å². The lowest BCUT2D eigenvalue weighted by molar-refractivity contribution is 0.314. The van der Waals surface area contributed by atoms with Gasteiger partial charge in [0.2, 0.25) is 0 Å². The van der Waals surface area contributed by atoms with Gasteiger partial charge in [-0.15, -0.1) is 0 Å². The molecule has 0 bridgehead atoms. The number of anilines is 1. The third-order valence-electron chi connectivity index (χ3n) is 4.41. The van der Waals surface area contributed by atoms with Gasteiger partial charge in [-0.05, 0) is 36.8 Å². The minimum atomic E-state index is 0.608. The third-order valence-corrected chi connectivity index (χ3v) is 4.41. The van der Waals surface area contributed by atoms with Crippen molar-refractivity contribution >= 4 is 11.8 Å². The second-order valence-corrected chi connectivity index (χ2v) is 6.30. The van der Waals surface area contributed by atoms with E-state index in [9.17, 15) is 0 Å². The first-order chi connectivity index (χ1) is 12.8. The zero-order valence-corrected chi connectivity index (χ0v) is 15.6. The third kappa shape index (κ3) is 4.88. The fraction of sp³-hybridized carbons (Fsp3) is 0.400. The maximum Gasteiger partial charge on any atom is 0.193 e. The second kappa shape index (κ2) is 9.08. The summed E-state index contributed by atoms with van der Waals surface area (Å²) in [5, 5.41) is 3.40. The number of hydrogen-bond acceptors (Lipinski definition) is 4. The normalized spacial score (nSPS) is 15.1. The number of hydrogen-bond donors (Lipinski definition) is 1. The van der Waals surface area contributed by atoms with E-state index in [1.807, 2.05) is 43.6 Å². The van der Waals surface area contributed by atoms with Crippen molar-refractivity contribution in [1.29, 1.82) is 0 Å². The van der Waals surface area contributed by atoms with Crippen LogP contribution in [0.1, 0.15) is 5.56 Å². The molecule has 3 rings (SSSR count). The van der Waals surface area contributed by atoms with Crippen molar-refractivity contribution in [2.24, 2.45) is 4.99 Å². The smallest absolute Gasteiger partial charge is 0.193 e. The molecule has 2 heterocycles. The van der Waals surface area contributed by atoms with Crippen LogP contribution in [0.2, 0.25) is 0 Å². The summed E-state index contributed by atoms with van der Waals surface area (Å²) in [7, 11) is 1.83. The number of rotatable bonds is 5. The molecule has 0 amide bonds. The summed E-state index contributed by atoms with van der Waals surface area (Å²) in [4.78, 5) is 13.4. The molecule has 1 N–H and O–H groups in total. The lowest BCUT2D eigenvalue weighted by Crippen LogP contribution is -2.53. The number of nitrogens with one attached hydrogen (secondary N) is 1. The highest BCUT2D eigenvalue weighted by Gasteiger charge is 2.20. The van der Waals surface area contributed by atoms with Crippen LogP contribution in [0.4, 0.5) is 5.82 Å². The molecular weight excluding hydrogens is 326 g/mol. The number of benzene rings is 1. The Hall–Kier alpha value is -2.76. The highest BCUT2D eigenvalue weighted by Crippen LogP contribution is 2.13. The molecular formula is C20H27N5O. The molecule has 138 valence electrons. The van der Waals surface area contributed by atoms with E-state index in [1.165, 1.54) is 5.56 Å². The average Bonchev–Trinajstić information content (AvgIpc) is 2.69. The molecule has 0 unspecified atom stereocenters. The molecule has 26 heavy (non-hydrogen) atoms. The molecule has 1 saturated heterocycles. The Morgan fingerprint density at radius 1 is 1.15 bits per heavy atom. The Balaban J connectivity index is 1.42. The predicted octanol–water partition coefficient (Wildman–Crippen LogP) is 2.17. The van der Waals surface area contributed by atoms with Gasteiger partial charge in [-0.25, -0.2) is 4.98 Å². The molecule has 0 radical (unpaired) electrons. The molecule has 6 heteroatoms. The number of aromatic nitrogens is 1. The topological polar surface area (TPSA) is 53.0 Å². The number of aliphatic imine (C=N–C) groups is 1. The van der Waals surface area contributed by atoms with Crippen LogP contribution in [0.3, 0.4) is 0 Å². The summed E-state index contributed by atoms with van der Waals surface area (Å²) in [5.41, 5.74) is 1.21. The van der Waals surface area contributed by atoms with E-state index >= 15 is 0 Å². The number of nitrogens with zero attached hydrogens (tertiary/aromatic N) is 4. The standard InChI is InChI=1S/C20H27N5O/c1-17-6-5-7-18(16-17)26-15-10-23-20(21-2)25-13-11-24(12-14-25)19-8-3-4-9-22-19/h3-9,16H,10-15H2,1-2H3,(H,21,23). The molecule has 1 aromatic carbocycles. The quantitative estimate of drug-likeness (QED) is 0.507. The van der Waals surface area contributed by atoms with Crippen molar-refractivity contribution in [2.45, 2.75) is 6.92 Å². The monoisotopic (exact) mass is 353 g/mol. The number of guanidine groups is 1. The van der Waals surface area contributed by atoms with E-state index in [-0.39, 0.29) is 0 Å². The van der Waals surface area contributed by atoms with Gasteiger partial charge in [0.15, 0.2) is 5.96 Å². The highest BCUT2D eigenvalue weighted by molar-refractivity contribution is 5.80. The average molecular weight is 353 g/mol. The molecule has 6 nitrogen and oxygen atoms in total. The summed E-state index contributed by atoms with van der Waals surface area (Å²) in [5.74, 6) is 2.88. The van der Waals surface area contributed by atoms with Crippen molar-refractivity contribution in [3.05, 3.63) is 54.2 Å². The Morgan fingerprint density at radius 3 is 2.69 bits per heavy atom. The molecule has 1 aliphatic heterocycles. The molecule has 0 saturated carbocycles. The van der Waals surface area contributed by atoms with Crippen LogP contribution in [-0.2, 0) is 0 Å². The fourth-order valence-electron chi connectivity index (χ4n) is 3.06. The van der Waals surface area contributed by atoms with Gasteiger partial charge in [0.25, 0.3) is 0 Å². The molecule has 1 aromatic heterocycles. The number of piperazine rings is 1. The van der Waals surface area contributed by atoms with Gasteiger partial charge < -0.3 is 19.9 Å². The number of pyridine rings is 1. The van der Waals surface area contributed by atoms with E-state index in [1.54, 1.807) is 0 Å². The molecule has 1 aliphatic rings. The maximum atomic E-state index is 5.79. The van der Waals surface area contributed by atoms with Gasteiger partial charge in [0, 0.05) is 39.4 Å². The summed E-state index contributed by atoms with van der Waals surface area (Å²) in [6, 6.07) is 14.2. The first-order valence-electron chi connectivity index (χ1n) is 9.07. The van der Waals surface area contributed by atoms with Crippen molar-refractivity contribution in [3.63, 3.8) is 0 Å². The lowest BCUT2D eigenvalue weighted by atomic mass is 10.2. The van der Waals surface area contributed by atoms with Gasteiger partial charge in [-0.2, -0.15) is 0 Å². The van der Waals surface area contributed by atoms with Crippen molar-refractivity contribution < 1.29 is 4.74 Å². The van der Waals surface area contributed by atoms with Gasteiger partial charge in [-0.3, -0.25) is 4.99 Å². The van der Waals surface area contributed by atoms with Gasteiger partial charge >= 0.3 is 0 Å². The minimum absolute atomic E-state index is 0.608. The van der Waals surface area contributed by atoms with Gasteiger partial charge in [-0.1, -0.05) is 18.2 Å². The van der Waals surface area contributed by atoms with Gasteiger partial charge in [0.05, 0.1) is 6.54 Å². The van der Waals surface area contributed by atoms with E-state index in [0.717, 1.165) is 50.3 Å². The van der Waals surface area contributed by atoms with Crippen LogP contribution in [-0.4, -0.2) is 62.2 Å². The van der Waals surface area contributed by atoms with Crippen LogP contribution < -0.4 is 15.0 Å². The van der Waals surface area contributed by atoms with E-state index in [2.05, 4.69) is 44.1 Å². The zero-order chi connectivity index (χ0) is 18.2. The van der Waals surface area contributed by atoms with E-state index in [4.69, 9.17) is 4.74 Å². The van der Waals surface area contributed by atoms with E-state index in [0.29, 0.717) is 6.61 Å². The largest absolute Gasteiger partial charge is 0.492 e. The molecule has 0 spiro atoms. The van der Waals surface area contributed by atoms with Crippen LogP contribution >= 0.6 is 0 Å². The van der Waals surface area contributed by atoms with E-state index < -0.39 is 0 Å². The summed E-state index contributed by atoms with van der Waals surface area (Å²) in [6.45, 7) is 7.13. The van der Waals surface area contributed by atoms with Crippen LogP contribution in [0.15, 0.2) is 53.7 Å². The van der Waals surface area contributed by atoms with Crippen molar-refractivity contribution in [1.82, 2.24) is 15.2 Å². The minimum Gasteiger partial charge on any atom is -0.492 e. The zero-order valence-electron chi connectivity index (χ0n) is 15.6. The first kappa shape index (κ1) is 18.0. The number of ether oxygens (including phenoxy) is 1. The molecule has 0 aliphatic carbocycles. The lowest BCUT2D eigenvalue weighted by Gasteiger charge is -2.37. The fourth-order valence-corrected chi connectivity index (χ4v) is 3.06. The molecule has 2 aromatic rings.